The molecule has 0 spiro atoms. The second-order valence-corrected chi connectivity index (χ2v) is 8.00. The number of aromatic nitrogens is 2. The third kappa shape index (κ3) is 5.20. The molecule has 0 amide bonds. The first-order chi connectivity index (χ1) is 16.8. The minimum absolute atomic E-state index is 0.0731. The molecule has 2 heterocycles. The normalized spacial score (nSPS) is 12.6. The van der Waals surface area contributed by atoms with Crippen molar-refractivity contribution in [3.63, 3.8) is 0 Å². The minimum Gasteiger partial charge on any atom is -0.353 e. The molecule has 9 heteroatoms. The Morgan fingerprint density at radius 1 is 0.686 bits per heavy atom. The van der Waals surface area contributed by atoms with Crippen molar-refractivity contribution in [3.8, 4) is 0 Å². The minimum atomic E-state index is -0.804. The van der Waals surface area contributed by atoms with Crippen molar-refractivity contribution in [2.75, 3.05) is 0 Å². The van der Waals surface area contributed by atoms with Gasteiger partial charge < -0.3 is 4.74 Å². The van der Waals surface area contributed by atoms with Gasteiger partial charge in [-0.3, -0.25) is 30.2 Å². The van der Waals surface area contributed by atoms with Crippen LogP contribution in [0.25, 0.3) is 0 Å². The van der Waals surface area contributed by atoms with Crippen molar-refractivity contribution in [1.29, 1.82) is 0 Å². The maximum absolute atomic E-state index is 11.5. The van der Waals surface area contributed by atoms with Crippen LogP contribution >= 0.6 is 0 Å². The van der Waals surface area contributed by atoms with Gasteiger partial charge in [0.2, 0.25) is 0 Å². The average Bonchev–Trinajstić information content (AvgIpc) is 2.87. The number of aryl methyl sites for hydroxylation is 2. The standard InChI is InChI=1S/C26H22N4O5/c1-17-9-11-19(29(31)32)15-21(17)25(23-7-3-5-13-27-23)35-26(24-8-4-6-14-28-24)22-16-20(30(33)34)12-10-18(22)2/h3-16,25-26H,1-2H3. The highest BCUT2D eigenvalue weighted by atomic mass is 16.6. The number of rotatable bonds is 8. The van der Waals surface area contributed by atoms with Gasteiger partial charge in [-0.05, 0) is 60.4 Å². The number of nitrogens with zero attached hydrogens (tertiary/aromatic N) is 4. The predicted molar refractivity (Wildman–Crippen MR) is 129 cm³/mol. The van der Waals surface area contributed by atoms with Crippen LogP contribution < -0.4 is 0 Å². The summed E-state index contributed by atoms with van der Waals surface area (Å²) in [4.78, 5) is 31.0. The van der Waals surface area contributed by atoms with E-state index in [2.05, 4.69) is 9.97 Å². The van der Waals surface area contributed by atoms with Crippen molar-refractivity contribution in [2.45, 2.75) is 26.1 Å². The lowest BCUT2D eigenvalue weighted by molar-refractivity contribution is -0.385. The number of non-ortho nitro benzene ring substituents is 2. The average molecular weight is 470 g/mol. The molecule has 4 rings (SSSR count). The van der Waals surface area contributed by atoms with E-state index in [4.69, 9.17) is 4.74 Å². The fourth-order valence-corrected chi connectivity index (χ4v) is 3.85. The number of hydrogen-bond acceptors (Lipinski definition) is 7. The van der Waals surface area contributed by atoms with Gasteiger partial charge in [-0.1, -0.05) is 24.3 Å². The molecular formula is C26H22N4O5. The molecular weight excluding hydrogens is 448 g/mol. The van der Waals surface area contributed by atoms with Crippen LogP contribution in [0.15, 0.2) is 85.2 Å². The molecule has 0 N–H and O–H groups in total. The molecule has 0 fully saturated rings. The summed E-state index contributed by atoms with van der Waals surface area (Å²) in [5, 5.41) is 23.0. The summed E-state index contributed by atoms with van der Waals surface area (Å²) in [6.07, 6.45) is 1.63. The second kappa shape index (κ2) is 10.2. The molecule has 0 saturated heterocycles. The molecule has 4 aromatic rings. The van der Waals surface area contributed by atoms with E-state index in [0.717, 1.165) is 11.1 Å². The lowest BCUT2D eigenvalue weighted by Gasteiger charge is -2.27. The molecule has 35 heavy (non-hydrogen) atoms. The van der Waals surface area contributed by atoms with Crippen LogP contribution in [0.5, 0.6) is 0 Å². The smallest absolute Gasteiger partial charge is 0.269 e. The SMILES string of the molecule is Cc1ccc([N+](=O)[O-])cc1C(OC(c1ccccn1)c1cc([N+](=O)[O-])ccc1C)c1ccccn1. The molecule has 0 aliphatic carbocycles. The van der Waals surface area contributed by atoms with E-state index in [9.17, 15) is 20.2 Å². The highest BCUT2D eigenvalue weighted by Gasteiger charge is 2.29. The van der Waals surface area contributed by atoms with Crippen molar-refractivity contribution >= 4 is 11.4 Å². The monoisotopic (exact) mass is 470 g/mol. The van der Waals surface area contributed by atoms with Crippen molar-refractivity contribution in [3.05, 3.63) is 139 Å². The number of nitro groups is 2. The van der Waals surface area contributed by atoms with Gasteiger partial charge in [-0.2, -0.15) is 0 Å². The van der Waals surface area contributed by atoms with E-state index in [1.54, 1.807) is 60.9 Å². The van der Waals surface area contributed by atoms with E-state index in [1.807, 2.05) is 13.8 Å². The topological polar surface area (TPSA) is 121 Å². The van der Waals surface area contributed by atoms with Gasteiger partial charge in [0.1, 0.15) is 12.2 Å². The molecule has 2 aromatic carbocycles. The number of nitro benzene ring substituents is 2. The van der Waals surface area contributed by atoms with E-state index in [0.29, 0.717) is 22.5 Å². The van der Waals surface area contributed by atoms with E-state index in [1.165, 1.54) is 24.3 Å². The molecule has 176 valence electrons. The van der Waals surface area contributed by atoms with E-state index in [-0.39, 0.29) is 11.4 Å². The Kier molecular flexibility index (Phi) is 6.88. The Morgan fingerprint density at radius 2 is 1.11 bits per heavy atom. The van der Waals surface area contributed by atoms with Gasteiger partial charge in [0.25, 0.3) is 11.4 Å². The Morgan fingerprint density at radius 3 is 1.46 bits per heavy atom. The third-order valence-corrected chi connectivity index (χ3v) is 5.70. The number of pyridine rings is 2. The van der Waals surface area contributed by atoms with Crippen molar-refractivity contribution in [2.24, 2.45) is 0 Å². The maximum atomic E-state index is 11.5. The first kappa shape index (κ1) is 23.7. The molecule has 9 nitrogen and oxygen atoms in total. The molecule has 0 bridgehead atoms. The van der Waals surface area contributed by atoms with Crippen LogP contribution in [0.1, 0.15) is 45.8 Å². The Hall–Kier alpha value is -4.50. The van der Waals surface area contributed by atoms with E-state index < -0.39 is 22.1 Å². The van der Waals surface area contributed by atoms with Gasteiger partial charge in [0, 0.05) is 36.7 Å². The summed E-state index contributed by atoms with van der Waals surface area (Å²) in [5.41, 5.74) is 3.64. The Labute approximate surface area is 201 Å². The summed E-state index contributed by atoms with van der Waals surface area (Å²) in [6, 6.07) is 19.9. The lowest BCUT2D eigenvalue weighted by atomic mass is 9.96. The highest BCUT2D eigenvalue weighted by Crippen LogP contribution is 2.38. The zero-order chi connectivity index (χ0) is 24.9. The molecule has 0 saturated carbocycles. The lowest BCUT2D eigenvalue weighted by Crippen LogP contribution is -2.17. The van der Waals surface area contributed by atoms with Crippen LogP contribution in [-0.2, 0) is 4.74 Å². The molecule has 0 aliphatic heterocycles. The van der Waals surface area contributed by atoms with Crippen LogP contribution in [0.4, 0.5) is 11.4 Å². The first-order valence-corrected chi connectivity index (χ1v) is 10.8. The second-order valence-electron chi connectivity index (χ2n) is 8.00. The zero-order valence-electron chi connectivity index (χ0n) is 19.1. The zero-order valence-corrected chi connectivity index (χ0v) is 19.1. The highest BCUT2D eigenvalue weighted by molar-refractivity contribution is 5.45. The number of benzene rings is 2. The van der Waals surface area contributed by atoms with Crippen molar-refractivity contribution in [1.82, 2.24) is 9.97 Å². The van der Waals surface area contributed by atoms with Gasteiger partial charge in [-0.15, -0.1) is 0 Å². The fourth-order valence-electron chi connectivity index (χ4n) is 3.85. The van der Waals surface area contributed by atoms with Crippen LogP contribution in [0, 0.1) is 34.1 Å². The van der Waals surface area contributed by atoms with Crippen molar-refractivity contribution < 1.29 is 14.6 Å². The molecule has 0 aliphatic rings. The molecule has 2 aromatic heterocycles. The largest absolute Gasteiger partial charge is 0.353 e. The summed E-state index contributed by atoms with van der Waals surface area (Å²) in [6.45, 7) is 3.68. The third-order valence-electron chi connectivity index (χ3n) is 5.70. The van der Waals surface area contributed by atoms with Crippen LogP contribution in [0.3, 0.4) is 0 Å². The number of hydrogen-bond donors (Lipinski definition) is 0. The molecule has 2 atom stereocenters. The summed E-state index contributed by atoms with van der Waals surface area (Å²) < 4.78 is 6.66. The van der Waals surface area contributed by atoms with Crippen LogP contribution in [0.2, 0.25) is 0 Å². The summed E-state index contributed by atoms with van der Waals surface area (Å²) in [5.74, 6) is 0. The van der Waals surface area contributed by atoms with Gasteiger partial charge in [-0.25, -0.2) is 0 Å². The fraction of sp³-hybridized carbons (Fsp3) is 0.154. The Bertz CT molecular complexity index is 1260. The van der Waals surface area contributed by atoms with E-state index >= 15 is 0 Å². The molecule has 2 unspecified atom stereocenters. The first-order valence-electron chi connectivity index (χ1n) is 10.8. The summed E-state index contributed by atoms with van der Waals surface area (Å²) >= 11 is 0. The molecule has 0 radical (unpaired) electrons. The quantitative estimate of drug-likeness (QED) is 0.235. The maximum Gasteiger partial charge on any atom is 0.269 e. The number of ether oxygens (including phenoxy) is 1. The van der Waals surface area contributed by atoms with Crippen LogP contribution in [-0.4, -0.2) is 19.8 Å². The van der Waals surface area contributed by atoms with Gasteiger partial charge in [0.15, 0.2) is 0 Å². The summed E-state index contributed by atoms with van der Waals surface area (Å²) in [7, 11) is 0. The predicted octanol–water partition coefficient (Wildman–Crippen LogP) is 5.81. The van der Waals surface area contributed by atoms with Gasteiger partial charge >= 0.3 is 0 Å². The Balaban J connectivity index is 1.90. The van der Waals surface area contributed by atoms with Gasteiger partial charge in [0.05, 0.1) is 21.2 Å².